The molecule has 76 valence electrons. The van der Waals surface area contributed by atoms with E-state index in [0.717, 1.165) is 31.1 Å². The van der Waals surface area contributed by atoms with Gasteiger partial charge in [-0.15, -0.1) is 0 Å². The van der Waals surface area contributed by atoms with E-state index in [1.807, 2.05) is 11.8 Å². The minimum Gasteiger partial charge on any atom is -0.360 e. The number of nitrogens with zero attached hydrogens (tertiary/aromatic N) is 1. The van der Waals surface area contributed by atoms with Crippen LogP contribution in [0.15, 0.2) is 0 Å². The lowest BCUT2D eigenvalue weighted by molar-refractivity contribution is 0.414. The number of rotatable bonds is 1. The SMILES string of the molecule is CCC(=N)N1CCSC(C)(C)CC1. The molecule has 1 aliphatic rings. The van der Waals surface area contributed by atoms with E-state index in [1.165, 1.54) is 6.42 Å². The molecule has 0 bridgehead atoms. The van der Waals surface area contributed by atoms with Crippen LogP contribution in [-0.4, -0.2) is 34.3 Å². The lowest BCUT2D eigenvalue weighted by Gasteiger charge is -2.23. The molecule has 2 nitrogen and oxygen atoms in total. The molecule has 3 heteroatoms. The van der Waals surface area contributed by atoms with Crippen molar-refractivity contribution in [1.82, 2.24) is 4.90 Å². The summed E-state index contributed by atoms with van der Waals surface area (Å²) >= 11 is 2.03. The molecular weight excluding hydrogens is 180 g/mol. The van der Waals surface area contributed by atoms with Crippen LogP contribution in [0, 0.1) is 5.41 Å². The van der Waals surface area contributed by atoms with Crippen LogP contribution in [0.25, 0.3) is 0 Å². The Morgan fingerprint density at radius 1 is 1.46 bits per heavy atom. The predicted molar refractivity (Wildman–Crippen MR) is 60.7 cm³/mol. The van der Waals surface area contributed by atoms with Crippen molar-refractivity contribution in [2.75, 3.05) is 18.8 Å². The first-order valence-electron chi connectivity index (χ1n) is 5.01. The molecule has 0 atom stereocenters. The van der Waals surface area contributed by atoms with Crippen LogP contribution < -0.4 is 0 Å². The molecule has 0 aliphatic carbocycles. The fraction of sp³-hybridized carbons (Fsp3) is 0.900. The Kier molecular flexibility index (Phi) is 3.65. The number of thioether (sulfide) groups is 1. The Labute approximate surface area is 85.6 Å². The van der Waals surface area contributed by atoms with Gasteiger partial charge in [0.05, 0.1) is 5.84 Å². The third kappa shape index (κ3) is 3.22. The quantitative estimate of drug-likeness (QED) is 0.520. The highest BCUT2D eigenvalue weighted by Gasteiger charge is 2.23. The van der Waals surface area contributed by atoms with Crippen LogP contribution in [-0.2, 0) is 0 Å². The Balaban J connectivity index is 2.49. The molecule has 0 aromatic heterocycles. The molecule has 0 radical (unpaired) electrons. The zero-order valence-electron chi connectivity index (χ0n) is 8.89. The van der Waals surface area contributed by atoms with Gasteiger partial charge in [-0.1, -0.05) is 20.8 Å². The second kappa shape index (κ2) is 4.36. The molecule has 0 aromatic rings. The fourth-order valence-electron chi connectivity index (χ4n) is 1.51. The van der Waals surface area contributed by atoms with Crippen molar-refractivity contribution < 1.29 is 0 Å². The highest BCUT2D eigenvalue weighted by atomic mass is 32.2. The van der Waals surface area contributed by atoms with E-state index in [9.17, 15) is 0 Å². The number of hydrogen-bond acceptors (Lipinski definition) is 2. The van der Waals surface area contributed by atoms with Gasteiger partial charge in [0.1, 0.15) is 0 Å². The summed E-state index contributed by atoms with van der Waals surface area (Å²) in [4.78, 5) is 2.22. The monoisotopic (exact) mass is 200 g/mol. The summed E-state index contributed by atoms with van der Waals surface area (Å²) in [7, 11) is 0. The first-order valence-corrected chi connectivity index (χ1v) is 6.00. The van der Waals surface area contributed by atoms with Gasteiger partial charge in [-0.05, 0) is 6.42 Å². The van der Waals surface area contributed by atoms with Crippen LogP contribution in [0.1, 0.15) is 33.6 Å². The van der Waals surface area contributed by atoms with E-state index in [-0.39, 0.29) is 0 Å². The second-order valence-corrected chi connectivity index (χ2v) is 5.95. The maximum absolute atomic E-state index is 7.78. The Morgan fingerprint density at radius 3 is 2.77 bits per heavy atom. The summed E-state index contributed by atoms with van der Waals surface area (Å²) in [6.07, 6.45) is 2.06. The van der Waals surface area contributed by atoms with Crippen molar-refractivity contribution >= 4 is 17.6 Å². The zero-order valence-corrected chi connectivity index (χ0v) is 9.71. The smallest absolute Gasteiger partial charge is 0.0955 e. The zero-order chi connectivity index (χ0) is 9.90. The molecule has 0 amide bonds. The van der Waals surface area contributed by atoms with E-state index in [4.69, 9.17) is 5.41 Å². The maximum atomic E-state index is 7.78. The highest BCUT2D eigenvalue weighted by Crippen LogP contribution is 2.30. The maximum Gasteiger partial charge on any atom is 0.0955 e. The minimum atomic E-state index is 0.406. The number of amidine groups is 1. The van der Waals surface area contributed by atoms with Gasteiger partial charge < -0.3 is 4.90 Å². The molecular formula is C10H20N2S. The Hall–Kier alpha value is -0.180. The summed E-state index contributed by atoms with van der Waals surface area (Å²) in [5.74, 6) is 1.97. The normalized spacial score (nSPS) is 22.5. The first-order chi connectivity index (χ1) is 6.05. The molecule has 1 N–H and O–H groups in total. The van der Waals surface area contributed by atoms with Crippen molar-refractivity contribution in [1.29, 1.82) is 5.41 Å². The highest BCUT2D eigenvalue weighted by molar-refractivity contribution is 8.00. The van der Waals surface area contributed by atoms with Crippen LogP contribution in [0.3, 0.4) is 0 Å². The Bertz CT molecular complexity index is 189. The Morgan fingerprint density at radius 2 is 2.15 bits per heavy atom. The molecule has 0 saturated carbocycles. The molecule has 1 aliphatic heterocycles. The summed E-state index contributed by atoms with van der Waals surface area (Å²) in [5, 5.41) is 7.78. The van der Waals surface area contributed by atoms with Gasteiger partial charge in [0.25, 0.3) is 0 Å². The molecule has 0 unspecified atom stereocenters. The largest absolute Gasteiger partial charge is 0.360 e. The summed E-state index contributed by atoms with van der Waals surface area (Å²) in [6.45, 7) is 8.78. The van der Waals surface area contributed by atoms with Gasteiger partial charge in [0.15, 0.2) is 0 Å². The lowest BCUT2D eigenvalue weighted by atomic mass is 10.1. The molecule has 1 fully saturated rings. The van der Waals surface area contributed by atoms with Crippen molar-refractivity contribution in [2.45, 2.75) is 38.4 Å². The summed E-state index contributed by atoms with van der Waals surface area (Å²) in [5.41, 5.74) is 0. The average Bonchev–Trinajstić information content (AvgIpc) is 2.25. The van der Waals surface area contributed by atoms with Gasteiger partial charge in [-0.3, -0.25) is 5.41 Å². The summed E-state index contributed by atoms with van der Waals surface area (Å²) in [6, 6.07) is 0. The minimum absolute atomic E-state index is 0.406. The van der Waals surface area contributed by atoms with E-state index >= 15 is 0 Å². The van der Waals surface area contributed by atoms with Gasteiger partial charge in [0.2, 0.25) is 0 Å². The summed E-state index contributed by atoms with van der Waals surface area (Å²) < 4.78 is 0.406. The van der Waals surface area contributed by atoms with Gasteiger partial charge in [-0.2, -0.15) is 11.8 Å². The standard InChI is InChI=1S/C10H20N2S/c1-4-9(11)12-6-5-10(2,3)13-8-7-12/h11H,4-8H2,1-3H3. The third-order valence-electron chi connectivity index (χ3n) is 2.55. The molecule has 1 heterocycles. The van der Waals surface area contributed by atoms with E-state index in [2.05, 4.69) is 25.7 Å². The van der Waals surface area contributed by atoms with Crippen molar-refractivity contribution in [3.63, 3.8) is 0 Å². The molecule has 1 rings (SSSR count). The number of nitrogens with one attached hydrogen (secondary N) is 1. The van der Waals surface area contributed by atoms with Crippen molar-refractivity contribution in [3.8, 4) is 0 Å². The van der Waals surface area contributed by atoms with Crippen LogP contribution in [0.2, 0.25) is 0 Å². The van der Waals surface area contributed by atoms with Gasteiger partial charge >= 0.3 is 0 Å². The van der Waals surface area contributed by atoms with E-state index in [1.54, 1.807) is 0 Å². The van der Waals surface area contributed by atoms with Crippen LogP contribution in [0.5, 0.6) is 0 Å². The van der Waals surface area contributed by atoms with Gasteiger partial charge in [0, 0.05) is 30.0 Å². The van der Waals surface area contributed by atoms with Crippen molar-refractivity contribution in [2.24, 2.45) is 0 Å². The third-order valence-corrected chi connectivity index (χ3v) is 3.93. The molecule has 0 aromatic carbocycles. The van der Waals surface area contributed by atoms with Gasteiger partial charge in [-0.25, -0.2) is 0 Å². The van der Waals surface area contributed by atoms with Crippen LogP contribution in [0.4, 0.5) is 0 Å². The first kappa shape index (κ1) is 10.9. The van der Waals surface area contributed by atoms with E-state index < -0.39 is 0 Å². The topological polar surface area (TPSA) is 27.1 Å². The molecule has 1 saturated heterocycles. The van der Waals surface area contributed by atoms with Crippen molar-refractivity contribution in [3.05, 3.63) is 0 Å². The molecule has 13 heavy (non-hydrogen) atoms. The second-order valence-electron chi connectivity index (χ2n) is 4.15. The molecule has 0 spiro atoms. The van der Waals surface area contributed by atoms with Crippen LogP contribution >= 0.6 is 11.8 Å². The average molecular weight is 200 g/mol. The predicted octanol–water partition coefficient (Wildman–Crippen LogP) is 2.59. The van der Waals surface area contributed by atoms with E-state index in [0.29, 0.717) is 4.75 Å². The lowest BCUT2D eigenvalue weighted by Crippen LogP contribution is -2.32. The number of hydrogen-bond donors (Lipinski definition) is 1. The fourth-order valence-corrected chi connectivity index (χ4v) is 2.61.